The van der Waals surface area contributed by atoms with E-state index in [9.17, 15) is 0 Å². The van der Waals surface area contributed by atoms with Gasteiger partial charge < -0.3 is 14.0 Å². The molecule has 1 aromatic heterocycles. The molecule has 1 unspecified atom stereocenters. The zero-order valence-corrected chi connectivity index (χ0v) is 22.6. The number of fused-ring (bicyclic) bond motifs is 7. The van der Waals surface area contributed by atoms with Crippen molar-refractivity contribution >= 4 is 38.7 Å². The highest BCUT2D eigenvalue weighted by Gasteiger charge is 2.37. The topological polar surface area (TPSA) is 23.4 Å². The summed E-state index contributed by atoms with van der Waals surface area (Å²) in [5.74, 6) is 1.68. The van der Waals surface area contributed by atoms with Gasteiger partial charge in [-0.15, -0.1) is 0 Å². The van der Waals surface area contributed by atoms with E-state index in [-0.39, 0.29) is 0 Å². The molecule has 0 aliphatic carbocycles. The largest absolute Gasteiger partial charge is 0.497 e. The SMILES string of the molecule is COc1ccc(C2(c3ccccc3)C=Cc3c(ccc4ccc5c(c6ccccc6n5-c5ccccc5)c34)O2)cc1. The van der Waals surface area contributed by atoms with Crippen LogP contribution >= 0.6 is 0 Å². The smallest absolute Gasteiger partial charge is 0.178 e. The molecular weight excluding hydrogens is 502 g/mol. The number of aromatic nitrogens is 1. The quantitative estimate of drug-likeness (QED) is 0.227. The minimum Gasteiger partial charge on any atom is -0.497 e. The standard InChI is InChI=1S/C38H27NO2/c1-40-30-20-18-28(19-21-30)38(27-10-4-2-5-11-27)25-24-32-35(41-38)23-17-26-16-22-34-37(36(26)32)31-14-8-9-15-33(31)39(34)29-12-6-3-7-13-29/h2-25H,1H3. The molecule has 0 saturated carbocycles. The summed E-state index contributed by atoms with van der Waals surface area (Å²) in [4.78, 5) is 0. The third kappa shape index (κ3) is 3.52. The van der Waals surface area contributed by atoms with Crippen molar-refractivity contribution in [2.45, 2.75) is 5.60 Å². The summed E-state index contributed by atoms with van der Waals surface area (Å²) in [5, 5.41) is 4.87. The van der Waals surface area contributed by atoms with Crippen molar-refractivity contribution in [3.8, 4) is 17.2 Å². The number of hydrogen-bond acceptors (Lipinski definition) is 2. The third-order valence-electron chi connectivity index (χ3n) is 8.31. The highest BCUT2D eigenvalue weighted by Crippen LogP contribution is 2.47. The molecule has 1 aliphatic heterocycles. The van der Waals surface area contributed by atoms with Crippen molar-refractivity contribution in [1.82, 2.24) is 4.57 Å². The molecule has 0 fully saturated rings. The number of benzene rings is 6. The van der Waals surface area contributed by atoms with E-state index in [0.717, 1.165) is 33.9 Å². The Balaban J connectivity index is 1.41. The van der Waals surface area contributed by atoms with Gasteiger partial charge in [-0.1, -0.05) is 91.0 Å². The lowest BCUT2D eigenvalue weighted by Crippen LogP contribution is -2.34. The first-order valence-corrected chi connectivity index (χ1v) is 13.9. The van der Waals surface area contributed by atoms with E-state index in [1.165, 1.54) is 32.6 Å². The van der Waals surface area contributed by atoms with Gasteiger partial charge in [-0.25, -0.2) is 0 Å². The minimum atomic E-state index is -0.764. The molecule has 196 valence electrons. The Labute approximate surface area is 238 Å². The van der Waals surface area contributed by atoms with E-state index in [2.05, 4.69) is 132 Å². The van der Waals surface area contributed by atoms with E-state index in [1.807, 2.05) is 18.2 Å². The van der Waals surface area contributed by atoms with E-state index in [1.54, 1.807) is 7.11 Å². The lowest BCUT2D eigenvalue weighted by atomic mass is 9.83. The fraction of sp³-hybridized carbons (Fsp3) is 0.0526. The van der Waals surface area contributed by atoms with Crippen LogP contribution in [0.5, 0.6) is 11.5 Å². The van der Waals surface area contributed by atoms with Crippen LogP contribution in [0.3, 0.4) is 0 Å². The van der Waals surface area contributed by atoms with E-state index in [0.29, 0.717) is 0 Å². The summed E-state index contributed by atoms with van der Waals surface area (Å²) >= 11 is 0. The molecule has 3 nitrogen and oxygen atoms in total. The van der Waals surface area contributed by atoms with Gasteiger partial charge in [0.15, 0.2) is 5.60 Å². The number of rotatable bonds is 4. The Kier molecular flexibility index (Phi) is 5.26. The maximum atomic E-state index is 7.09. The van der Waals surface area contributed by atoms with E-state index in [4.69, 9.17) is 9.47 Å². The predicted octanol–water partition coefficient (Wildman–Crippen LogP) is 9.29. The summed E-state index contributed by atoms with van der Waals surface area (Å²) in [6.45, 7) is 0. The molecule has 0 spiro atoms. The van der Waals surface area contributed by atoms with Crippen LogP contribution in [0.15, 0.2) is 140 Å². The molecule has 41 heavy (non-hydrogen) atoms. The Hall–Kier alpha value is -5.28. The van der Waals surface area contributed by atoms with Gasteiger partial charge in [0.2, 0.25) is 0 Å². The fourth-order valence-electron chi connectivity index (χ4n) is 6.40. The summed E-state index contributed by atoms with van der Waals surface area (Å²) < 4.78 is 14.9. The van der Waals surface area contributed by atoms with Gasteiger partial charge in [0.05, 0.1) is 18.1 Å². The van der Waals surface area contributed by atoms with E-state index >= 15 is 0 Å². The normalized spacial score (nSPS) is 16.1. The van der Waals surface area contributed by atoms with Crippen molar-refractivity contribution < 1.29 is 9.47 Å². The van der Waals surface area contributed by atoms with Crippen LogP contribution in [0.25, 0.3) is 44.3 Å². The van der Waals surface area contributed by atoms with Crippen LogP contribution in [-0.2, 0) is 5.60 Å². The van der Waals surface area contributed by atoms with Crippen molar-refractivity contribution in [2.24, 2.45) is 0 Å². The summed E-state index contributed by atoms with van der Waals surface area (Å²) in [6, 6.07) is 46.7. The fourth-order valence-corrected chi connectivity index (χ4v) is 6.40. The third-order valence-corrected chi connectivity index (χ3v) is 8.31. The Morgan fingerprint density at radius 3 is 2.07 bits per heavy atom. The lowest BCUT2D eigenvalue weighted by molar-refractivity contribution is 0.161. The maximum Gasteiger partial charge on any atom is 0.178 e. The second-order valence-corrected chi connectivity index (χ2v) is 10.5. The first-order valence-electron chi connectivity index (χ1n) is 13.9. The van der Waals surface area contributed by atoms with Crippen molar-refractivity contribution in [3.63, 3.8) is 0 Å². The molecule has 1 aliphatic rings. The van der Waals surface area contributed by atoms with Crippen molar-refractivity contribution in [1.29, 1.82) is 0 Å². The van der Waals surface area contributed by atoms with Crippen molar-refractivity contribution in [3.05, 3.63) is 156 Å². The molecule has 0 amide bonds. The number of methoxy groups -OCH3 is 1. The summed E-state index contributed by atoms with van der Waals surface area (Å²) in [6.07, 6.45) is 4.47. The lowest BCUT2D eigenvalue weighted by Gasteiger charge is -2.36. The second-order valence-electron chi connectivity index (χ2n) is 10.5. The number of hydrogen-bond donors (Lipinski definition) is 0. The Bertz CT molecular complexity index is 2090. The van der Waals surface area contributed by atoms with Gasteiger partial charge in [0.25, 0.3) is 0 Å². The summed E-state index contributed by atoms with van der Waals surface area (Å²) in [7, 11) is 1.69. The van der Waals surface area contributed by atoms with Crippen LogP contribution in [0.2, 0.25) is 0 Å². The zero-order valence-electron chi connectivity index (χ0n) is 22.6. The average molecular weight is 530 g/mol. The molecule has 0 bridgehead atoms. The molecule has 0 saturated heterocycles. The molecule has 6 aromatic carbocycles. The van der Waals surface area contributed by atoms with Gasteiger partial charge in [-0.05, 0) is 60.0 Å². The molecule has 0 radical (unpaired) electrons. The van der Waals surface area contributed by atoms with Crippen LogP contribution in [0.4, 0.5) is 0 Å². The Morgan fingerprint density at radius 2 is 1.29 bits per heavy atom. The molecular formula is C38H27NO2. The highest BCUT2D eigenvalue weighted by molar-refractivity contribution is 6.23. The average Bonchev–Trinajstić information content (AvgIpc) is 3.39. The maximum absolute atomic E-state index is 7.09. The van der Waals surface area contributed by atoms with Gasteiger partial charge in [-0.2, -0.15) is 0 Å². The molecule has 8 rings (SSSR count). The van der Waals surface area contributed by atoms with Crippen LogP contribution in [0.1, 0.15) is 16.7 Å². The van der Waals surface area contributed by atoms with E-state index < -0.39 is 5.60 Å². The molecule has 3 heteroatoms. The zero-order chi connectivity index (χ0) is 27.4. The second kappa shape index (κ2) is 9.14. The molecule has 7 aromatic rings. The van der Waals surface area contributed by atoms with Crippen LogP contribution < -0.4 is 9.47 Å². The predicted molar refractivity (Wildman–Crippen MR) is 168 cm³/mol. The highest BCUT2D eigenvalue weighted by atomic mass is 16.5. The van der Waals surface area contributed by atoms with Gasteiger partial charge in [-0.3, -0.25) is 0 Å². The van der Waals surface area contributed by atoms with Crippen LogP contribution in [-0.4, -0.2) is 11.7 Å². The van der Waals surface area contributed by atoms with Gasteiger partial charge in [0, 0.05) is 38.5 Å². The van der Waals surface area contributed by atoms with Crippen LogP contribution in [0, 0.1) is 0 Å². The molecule has 0 N–H and O–H groups in total. The monoisotopic (exact) mass is 529 g/mol. The first-order chi connectivity index (χ1) is 20.3. The minimum absolute atomic E-state index is 0.764. The summed E-state index contributed by atoms with van der Waals surface area (Å²) in [5.41, 5.74) is 5.98. The number of para-hydroxylation sites is 2. The molecule has 1 atom stereocenters. The van der Waals surface area contributed by atoms with Crippen molar-refractivity contribution in [2.75, 3.05) is 7.11 Å². The van der Waals surface area contributed by atoms with Gasteiger partial charge in [0.1, 0.15) is 11.5 Å². The number of ether oxygens (including phenoxy) is 2. The first kappa shape index (κ1) is 23.6. The Morgan fingerprint density at radius 1 is 0.610 bits per heavy atom. The number of nitrogens with zero attached hydrogens (tertiary/aromatic N) is 1. The molecule has 2 heterocycles. The van der Waals surface area contributed by atoms with Gasteiger partial charge >= 0.3 is 0 Å².